The summed E-state index contributed by atoms with van der Waals surface area (Å²) in [7, 11) is 0. The van der Waals surface area contributed by atoms with Crippen molar-refractivity contribution in [1.82, 2.24) is 0 Å². The highest BCUT2D eigenvalue weighted by molar-refractivity contribution is 5.98. The summed E-state index contributed by atoms with van der Waals surface area (Å²) in [5.74, 6) is -3.06. The Bertz CT molecular complexity index is 496. The fraction of sp³-hybridized carbons (Fsp3) is 0.714. The summed E-state index contributed by atoms with van der Waals surface area (Å²) in [6, 6.07) is 0. The van der Waals surface area contributed by atoms with Gasteiger partial charge >= 0.3 is 23.9 Å². The lowest BCUT2D eigenvalue weighted by molar-refractivity contribution is -0.155. The molecule has 6 heteroatoms. The van der Waals surface area contributed by atoms with Crippen molar-refractivity contribution in [2.45, 2.75) is 32.6 Å². The maximum atomic E-state index is 11.6. The van der Waals surface area contributed by atoms with Crippen LogP contribution in [0.25, 0.3) is 0 Å². The molecule has 2 heterocycles. The topological polar surface area (TPSA) is 86.7 Å². The molecule has 5 atom stereocenters. The normalized spacial score (nSPS) is 39.4. The van der Waals surface area contributed by atoms with E-state index in [9.17, 15) is 19.2 Å². The Hall–Kier alpha value is -1.72. The highest BCUT2D eigenvalue weighted by Gasteiger charge is 2.57. The number of esters is 4. The van der Waals surface area contributed by atoms with Gasteiger partial charge in [0.2, 0.25) is 0 Å². The lowest BCUT2D eigenvalue weighted by atomic mass is 9.63. The fourth-order valence-corrected chi connectivity index (χ4v) is 3.63. The molecule has 6 nitrogen and oxygen atoms in total. The van der Waals surface area contributed by atoms with Gasteiger partial charge in [-0.15, -0.1) is 0 Å². The van der Waals surface area contributed by atoms with Gasteiger partial charge in [0.05, 0.1) is 23.7 Å². The molecule has 2 aliphatic heterocycles. The second-order valence-corrected chi connectivity index (χ2v) is 5.81. The first kappa shape index (κ1) is 13.3. The van der Waals surface area contributed by atoms with Gasteiger partial charge < -0.3 is 9.47 Å². The van der Waals surface area contributed by atoms with Crippen LogP contribution in [0.4, 0.5) is 0 Å². The molecule has 3 fully saturated rings. The van der Waals surface area contributed by atoms with E-state index in [1.54, 1.807) is 0 Å². The second-order valence-electron chi connectivity index (χ2n) is 5.81. The van der Waals surface area contributed by atoms with Crippen molar-refractivity contribution in [3.63, 3.8) is 0 Å². The van der Waals surface area contributed by atoms with Crippen LogP contribution in [0.1, 0.15) is 32.6 Å². The molecule has 20 heavy (non-hydrogen) atoms. The van der Waals surface area contributed by atoms with Crippen LogP contribution in [0.3, 0.4) is 0 Å². The third-order valence-electron chi connectivity index (χ3n) is 4.85. The number of carbonyl (C=O) groups excluding carboxylic acids is 4. The number of hydrogen-bond acceptors (Lipinski definition) is 6. The average Bonchev–Trinajstić information content (AvgIpc) is 2.72. The van der Waals surface area contributed by atoms with Gasteiger partial charge in [-0.3, -0.25) is 19.2 Å². The zero-order chi connectivity index (χ0) is 14.4. The van der Waals surface area contributed by atoms with E-state index in [1.807, 2.05) is 6.92 Å². The molecule has 0 aromatic rings. The number of ether oxygens (including phenoxy) is 2. The van der Waals surface area contributed by atoms with E-state index in [2.05, 4.69) is 9.47 Å². The van der Waals surface area contributed by atoms with Crippen molar-refractivity contribution in [3.8, 4) is 0 Å². The molecule has 0 radical (unpaired) electrons. The predicted molar refractivity (Wildman–Crippen MR) is 63.8 cm³/mol. The number of fused-ring (bicyclic) bond motifs is 1. The first-order chi connectivity index (χ1) is 9.52. The highest BCUT2D eigenvalue weighted by atomic mass is 16.6. The lowest BCUT2D eigenvalue weighted by Gasteiger charge is -2.35. The molecule has 0 aromatic heterocycles. The minimum atomic E-state index is -0.456. The van der Waals surface area contributed by atoms with Crippen molar-refractivity contribution < 1.29 is 28.7 Å². The van der Waals surface area contributed by atoms with Crippen molar-refractivity contribution in [2.24, 2.45) is 29.6 Å². The number of cyclic esters (lactones) is 4. The Morgan fingerprint density at radius 1 is 0.900 bits per heavy atom. The van der Waals surface area contributed by atoms with Crippen LogP contribution in [-0.4, -0.2) is 23.9 Å². The van der Waals surface area contributed by atoms with Gasteiger partial charge in [0.15, 0.2) is 0 Å². The second kappa shape index (κ2) is 4.68. The summed E-state index contributed by atoms with van der Waals surface area (Å²) >= 11 is 0. The molecule has 0 N–H and O–H groups in total. The van der Waals surface area contributed by atoms with Crippen LogP contribution in [0, 0.1) is 29.6 Å². The van der Waals surface area contributed by atoms with Crippen LogP contribution in [-0.2, 0) is 28.7 Å². The molecule has 0 aromatic carbocycles. The molecule has 0 bridgehead atoms. The first-order valence-electron chi connectivity index (χ1n) is 7.04. The molecule has 1 aliphatic carbocycles. The standard InChI is InChI=1S/C14H16O6/c1-2-7-8(12(16)19-11(7)15)4-3-6-5-9-10(6)14(18)20-13(9)17/h6-10H,2-5H2,1H3. The van der Waals surface area contributed by atoms with Gasteiger partial charge in [-0.2, -0.15) is 0 Å². The van der Waals surface area contributed by atoms with Crippen LogP contribution in [0.5, 0.6) is 0 Å². The minimum Gasteiger partial charge on any atom is -0.393 e. The average molecular weight is 280 g/mol. The summed E-state index contributed by atoms with van der Waals surface area (Å²) in [6.45, 7) is 1.85. The zero-order valence-electron chi connectivity index (χ0n) is 11.2. The maximum absolute atomic E-state index is 11.6. The lowest BCUT2D eigenvalue weighted by Crippen LogP contribution is -2.39. The number of carbonyl (C=O) groups is 4. The third kappa shape index (κ3) is 1.85. The van der Waals surface area contributed by atoms with E-state index in [1.165, 1.54) is 0 Å². The first-order valence-corrected chi connectivity index (χ1v) is 7.04. The molecule has 0 amide bonds. The fourth-order valence-electron chi connectivity index (χ4n) is 3.63. The SMILES string of the molecule is CCC1C(=O)OC(=O)C1CCC1CC2C(=O)OC(=O)C12. The number of hydrogen-bond donors (Lipinski definition) is 0. The molecule has 0 spiro atoms. The summed E-state index contributed by atoms with van der Waals surface area (Å²) in [6.07, 6.45) is 2.39. The van der Waals surface area contributed by atoms with E-state index in [0.717, 1.165) is 0 Å². The minimum absolute atomic E-state index is 0.0833. The van der Waals surface area contributed by atoms with Gasteiger partial charge in [0.25, 0.3) is 0 Å². The quantitative estimate of drug-likeness (QED) is 0.560. The zero-order valence-corrected chi connectivity index (χ0v) is 11.2. The molecule has 2 saturated heterocycles. The Morgan fingerprint density at radius 2 is 1.55 bits per heavy atom. The number of rotatable bonds is 4. The molecule has 108 valence electrons. The molecule has 3 rings (SSSR count). The largest absolute Gasteiger partial charge is 0.393 e. The van der Waals surface area contributed by atoms with Crippen molar-refractivity contribution in [1.29, 1.82) is 0 Å². The predicted octanol–water partition coefficient (Wildman–Crippen LogP) is 0.828. The smallest absolute Gasteiger partial charge is 0.317 e. The van der Waals surface area contributed by atoms with E-state index >= 15 is 0 Å². The summed E-state index contributed by atoms with van der Waals surface area (Å²) in [5, 5.41) is 0. The third-order valence-corrected chi connectivity index (χ3v) is 4.85. The van der Waals surface area contributed by atoms with E-state index < -0.39 is 29.8 Å². The van der Waals surface area contributed by atoms with Gasteiger partial charge in [-0.25, -0.2) is 0 Å². The van der Waals surface area contributed by atoms with E-state index in [-0.39, 0.29) is 23.7 Å². The Morgan fingerprint density at radius 3 is 2.20 bits per heavy atom. The van der Waals surface area contributed by atoms with Crippen molar-refractivity contribution >= 4 is 23.9 Å². The van der Waals surface area contributed by atoms with Crippen LogP contribution >= 0.6 is 0 Å². The van der Waals surface area contributed by atoms with Gasteiger partial charge in [0.1, 0.15) is 0 Å². The van der Waals surface area contributed by atoms with E-state index in [0.29, 0.717) is 25.7 Å². The summed E-state index contributed by atoms with van der Waals surface area (Å²) in [4.78, 5) is 45.9. The maximum Gasteiger partial charge on any atom is 0.317 e. The van der Waals surface area contributed by atoms with Gasteiger partial charge in [-0.1, -0.05) is 6.92 Å². The Labute approximate surface area is 115 Å². The van der Waals surface area contributed by atoms with Gasteiger partial charge in [-0.05, 0) is 31.6 Å². The molecule has 1 saturated carbocycles. The molecule has 3 aliphatic rings. The van der Waals surface area contributed by atoms with Crippen molar-refractivity contribution in [2.75, 3.05) is 0 Å². The van der Waals surface area contributed by atoms with E-state index in [4.69, 9.17) is 0 Å². The van der Waals surface area contributed by atoms with Crippen LogP contribution in [0.15, 0.2) is 0 Å². The van der Waals surface area contributed by atoms with Crippen molar-refractivity contribution in [3.05, 3.63) is 0 Å². The molecular formula is C14H16O6. The molecule has 5 unspecified atom stereocenters. The monoisotopic (exact) mass is 280 g/mol. The van der Waals surface area contributed by atoms with Gasteiger partial charge in [0, 0.05) is 0 Å². The molecular weight excluding hydrogens is 264 g/mol. The van der Waals surface area contributed by atoms with Crippen LogP contribution < -0.4 is 0 Å². The highest BCUT2D eigenvalue weighted by Crippen LogP contribution is 2.49. The van der Waals surface area contributed by atoms with Crippen LogP contribution in [0.2, 0.25) is 0 Å². The Kier molecular flexibility index (Phi) is 3.11. The summed E-state index contributed by atoms with van der Waals surface area (Å²) < 4.78 is 9.27. The summed E-state index contributed by atoms with van der Waals surface area (Å²) in [5.41, 5.74) is 0. The Balaban J connectivity index is 1.58.